The van der Waals surface area contributed by atoms with Crippen molar-refractivity contribution in [2.75, 3.05) is 58.5 Å². The summed E-state index contributed by atoms with van der Waals surface area (Å²) in [5, 5.41) is 0. The van der Waals surface area contributed by atoms with Crippen LogP contribution in [-0.2, 0) is 16.7 Å². The van der Waals surface area contributed by atoms with Crippen LogP contribution in [0.3, 0.4) is 0 Å². The topological polar surface area (TPSA) is 34.2 Å². The molecule has 2 aliphatic heterocycles. The van der Waals surface area contributed by atoms with Crippen molar-refractivity contribution in [3.8, 4) is 11.5 Å². The van der Waals surface area contributed by atoms with E-state index in [1.54, 1.807) is 14.2 Å². The summed E-state index contributed by atoms with van der Waals surface area (Å²) in [5.74, 6) is 1.88. The Kier molecular flexibility index (Phi) is 6.49. The van der Waals surface area contributed by atoms with Crippen molar-refractivity contribution in [1.82, 2.24) is 4.90 Å². The van der Waals surface area contributed by atoms with E-state index in [2.05, 4.69) is 47.1 Å². The lowest BCUT2D eigenvalue weighted by Crippen LogP contribution is -2.61. The average Bonchev–Trinajstić information content (AvgIpc) is 3.06. The third-order valence-electron chi connectivity index (χ3n) is 6.34. The normalized spacial score (nSPS) is 17.1. The van der Waals surface area contributed by atoms with Crippen LogP contribution in [0.4, 0.5) is 5.69 Å². The van der Waals surface area contributed by atoms with Gasteiger partial charge < -0.3 is 19.1 Å². The number of hydrogen-bond donors (Lipinski definition) is 0. The molecule has 0 atom stereocenters. The van der Waals surface area contributed by atoms with Gasteiger partial charge in [0.05, 0.1) is 20.3 Å². The number of ether oxygens (including phenoxy) is 3. The Morgan fingerprint density at radius 3 is 2.40 bits per heavy atom. The van der Waals surface area contributed by atoms with Gasteiger partial charge in [0.25, 0.3) is 0 Å². The van der Waals surface area contributed by atoms with Crippen molar-refractivity contribution in [3.05, 3.63) is 53.6 Å². The lowest BCUT2D eigenvalue weighted by Gasteiger charge is -2.48. The van der Waals surface area contributed by atoms with E-state index in [1.165, 1.54) is 16.8 Å². The summed E-state index contributed by atoms with van der Waals surface area (Å²) in [6.45, 7) is 8.91. The number of hydrogen-bond acceptors (Lipinski definition) is 5. The molecule has 0 aromatic heterocycles. The molecule has 30 heavy (non-hydrogen) atoms. The van der Waals surface area contributed by atoms with Crippen LogP contribution in [0, 0.1) is 0 Å². The fraction of sp³-hybridized carbons (Fsp3) is 0.520. The molecule has 5 heteroatoms. The molecule has 0 aliphatic carbocycles. The van der Waals surface area contributed by atoms with Gasteiger partial charge in [-0.3, -0.25) is 4.90 Å². The zero-order chi connectivity index (χ0) is 21.0. The number of methoxy groups -OCH3 is 2. The highest BCUT2D eigenvalue weighted by Crippen LogP contribution is 2.48. The van der Waals surface area contributed by atoms with Crippen LogP contribution < -0.4 is 14.4 Å². The molecule has 2 aromatic rings. The molecular formula is C25H34N2O3. The lowest BCUT2D eigenvalue weighted by molar-refractivity contribution is 0.0470. The molecule has 0 N–H and O–H groups in total. The summed E-state index contributed by atoms with van der Waals surface area (Å²) >= 11 is 0. The molecule has 1 saturated heterocycles. The van der Waals surface area contributed by atoms with E-state index in [4.69, 9.17) is 14.2 Å². The number of benzene rings is 2. The van der Waals surface area contributed by atoms with Crippen molar-refractivity contribution in [2.45, 2.75) is 31.7 Å². The Hall–Kier alpha value is -2.24. The number of unbranched alkanes of at least 4 members (excludes halogenated alkanes) is 1. The SMILES string of the molecule is CCCCOc1ccc2c(c1)N(Cc1ccc(OC)cc1)CC21CN(CCOC)C1. The molecule has 1 fully saturated rings. The second-order valence-electron chi connectivity index (χ2n) is 8.57. The largest absolute Gasteiger partial charge is 0.497 e. The Morgan fingerprint density at radius 1 is 0.933 bits per heavy atom. The summed E-state index contributed by atoms with van der Waals surface area (Å²) in [4.78, 5) is 5.02. The van der Waals surface area contributed by atoms with Gasteiger partial charge in [-0.05, 0) is 35.7 Å². The fourth-order valence-corrected chi connectivity index (χ4v) is 4.73. The van der Waals surface area contributed by atoms with Crippen LogP contribution in [0.1, 0.15) is 30.9 Å². The smallest absolute Gasteiger partial charge is 0.121 e. The zero-order valence-corrected chi connectivity index (χ0v) is 18.5. The second-order valence-corrected chi connectivity index (χ2v) is 8.57. The van der Waals surface area contributed by atoms with E-state index in [0.29, 0.717) is 0 Å². The summed E-state index contributed by atoms with van der Waals surface area (Å²) in [5.41, 5.74) is 4.31. The van der Waals surface area contributed by atoms with Gasteiger partial charge >= 0.3 is 0 Å². The third-order valence-corrected chi connectivity index (χ3v) is 6.34. The first-order valence-corrected chi connectivity index (χ1v) is 11.0. The van der Waals surface area contributed by atoms with Gasteiger partial charge in [-0.1, -0.05) is 31.5 Å². The second kappa shape index (κ2) is 9.27. The molecule has 2 heterocycles. The minimum absolute atomic E-state index is 0.220. The number of rotatable bonds is 10. The molecule has 0 radical (unpaired) electrons. The Balaban J connectivity index is 1.54. The van der Waals surface area contributed by atoms with Crippen LogP contribution in [0.15, 0.2) is 42.5 Å². The maximum absolute atomic E-state index is 6.02. The molecule has 0 amide bonds. The third kappa shape index (κ3) is 4.28. The van der Waals surface area contributed by atoms with Gasteiger partial charge in [-0.25, -0.2) is 0 Å². The van der Waals surface area contributed by atoms with Gasteiger partial charge in [-0.2, -0.15) is 0 Å². The maximum Gasteiger partial charge on any atom is 0.121 e. The minimum Gasteiger partial charge on any atom is -0.497 e. The van der Waals surface area contributed by atoms with Gasteiger partial charge in [0.15, 0.2) is 0 Å². The van der Waals surface area contributed by atoms with Crippen LogP contribution >= 0.6 is 0 Å². The molecule has 1 spiro atoms. The number of nitrogens with zero attached hydrogens (tertiary/aromatic N) is 2. The molecule has 0 saturated carbocycles. The summed E-state index contributed by atoms with van der Waals surface area (Å²) in [7, 11) is 3.48. The molecule has 162 valence electrons. The Morgan fingerprint density at radius 2 is 1.70 bits per heavy atom. The van der Waals surface area contributed by atoms with E-state index in [9.17, 15) is 0 Å². The summed E-state index contributed by atoms with van der Waals surface area (Å²) in [6, 6.07) is 15.1. The minimum atomic E-state index is 0.220. The summed E-state index contributed by atoms with van der Waals surface area (Å²) < 4.78 is 16.6. The molecular weight excluding hydrogens is 376 g/mol. The highest BCUT2D eigenvalue weighted by Gasteiger charge is 2.50. The monoisotopic (exact) mass is 410 g/mol. The van der Waals surface area contributed by atoms with Gasteiger partial charge in [0.1, 0.15) is 11.5 Å². The highest BCUT2D eigenvalue weighted by atomic mass is 16.5. The van der Waals surface area contributed by atoms with E-state index >= 15 is 0 Å². The number of fused-ring (bicyclic) bond motifs is 2. The Bertz CT molecular complexity index is 831. The van der Waals surface area contributed by atoms with Crippen LogP contribution in [0.5, 0.6) is 11.5 Å². The molecule has 4 rings (SSSR count). The average molecular weight is 411 g/mol. The standard InChI is InChI=1S/C25H34N2O3/c1-4-5-13-30-22-10-11-23-24(15-22)27(16-20-6-8-21(29-3)9-7-20)19-25(23)17-26(18-25)12-14-28-2/h6-11,15H,4-5,12-14,16-19H2,1-3H3. The van der Waals surface area contributed by atoms with Crippen molar-refractivity contribution >= 4 is 5.69 Å². The van der Waals surface area contributed by atoms with Gasteiger partial charge in [0.2, 0.25) is 0 Å². The number of likely N-dealkylation sites (tertiary alicyclic amines) is 1. The zero-order valence-electron chi connectivity index (χ0n) is 18.5. The van der Waals surface area contributed by atoms with Crippen LogP contribution in [0.25, 0.3) is 0 Å². The van der Waals surface area contributed by atoms with Crippen molar-refractivity contribution in [1.29, 1.82) is 0 Å². The fourth-order valence-electron chi connectivity index (χ4n) is 4.73. The quantitative estimate of drug-likeness (QED) is 0.551. The van der Waals surface area contributed by atoms with Gasteiger partial charge in [0, 0.05) is 57.0 Å². The predicted molar refractivity (Wildman–Crippen MR) is 121 cm³/mol. The number of anilines is 1. The first kappa shape index (κ1) is 21.0. The van der Waals surface area contributed by atoms with E-state index in [0.717, 1.165) is 70.3 Å². The van der Waals surface area contributed by atoms with Crippen LogP contribution in [-0.4, -0.2) is 58.5 Å². The maximum atomic E-state index is 6.02. The first-order valence-electron chi connectivity index (χ1n) is 11.0. The lowest BCUT2D eigenvalue weighted by atomic mass is 9.75. The van der Waals surface area contributed by atoms with Crippen molar-refractivity contribution in [2.24, 2.45) is 0 Å². The highest BCUT2D eigenvalue weighted by molar-refractivity contribution is 5.66. The predicted octanol–water partition coefficient (Wildman–Crippen LogP) is 4.09. The van der Waals surface area contributed by atoms with Crippen molar-refractivity contribution < 1.29 is 14.2 Å². The van der Waals surface area contributed by atoms with Gasteiger partial charge in [-0.15, -0.1) is 0 Å². The van der Waals surface area contributed by atoms with Crippen LogP contribution in [0.2, 0.25) is 0 Å². The molecule has 2 aliphatic rings. The first-order chi connectivity index (χ1) is 14.7. The van der Waals surface area contributed by atoms with E-state index in [-0.39, 0.29) is 5.41 Å². The molecule has 0 bridgehead atoms. The Labute approximate surface area is 180 Å². The molecule has 5 nitrogen and oxygen atoms in total. The van der Waals surface area contributed by atoms with E-state index in [1.807, 2.05) is 12.1 Å². The van der Waals surface area contributed by atoms with Crippen molar-refractivity contribution in [3.63, 3.8) is 0 Å². The molecule has 0 unspecified atom stereocenters. The molecule has 2 aromatic carbocycles. The summed E-state index contributed by atoms with van der Waals surface area (Å²) in [6.07, 6.45) is 2.24. The van der Waals surface area contributed by atoms with E-state index < -0.39 is 0 Å².